The number of aromatic nitrogens is 1. The molecule has 2 aromatic carbocycles. The third-order valence-electron chi connectivity index (χ3n) is 4.61. The van der Waals surface area contributed by atoms with Crippen molar-refractivity contribution in [3.63, 3.8) is 0 Å². The van der Waals surface area contributed by atoms with Gasteiger partial charge in [-0.1, -0.05) is 11.8 Å². The summed E-state index contributed by atoms with van der Waals surface area (Å²) in [4.78, 5) is 28.5. The van der Waals surface area contributed by atoms with Crippen molar-refractivity contribution in [3.05, 3.63) is 53.6 Å². The topological polar surface area (TPSA) is 101 Å². The molecule has 4 rings (SSSR count). The van der Waals surface area contributed by atoms with Crippen molar-refractivity contribution < 1.29 is 19.1 Å². The Morgan fingerprint density at radius 1 is 1.17 bits per heavy atom. The Balaban J connectivity index is 1.53. The SMILES string of the molecule is CC(=O)c1ccc(NC(=O)[C@@H](C)Sc2nc3cc4c(cc3cc2C#N)OCO4)cc1. The van der Waals surface area contributed by atoms with Crippen molar-refractivity contribution >= 4 is 40.0 Å². The van der Waals surface area contributed by atoms with Crippen LogP contribution in [-0.4, -0.2) is 28.7 Å². The Hall–Kier alpha value is -3.57. The van der Waals surface area contributed by atoms with Gasteiger partial charge in [0.05, 0.1) is 16.3 Å². The van der Waals surface area contributed by atoms with Crippen molar-refractivity contribution in [1.29, 1.82) is 5.26 Å². The van der Waals surface area contributed by atoms with Crippen LogP contribution in [0.5, 0.6) is 11.5 Å². The van der Waals surface area contributed by atoms with Crippen molar-refractivity contribution in [2.45, 2.75) is 24.1 Å². The second-order valence-electron chi connectivity index (χ2n) is 6.73. The van der Waals surface area contributed by atoms with Crippen LogP contribution in [0, 0.1) is 11.3 Å². The van der Waals surface area contributed by atoms with E-state index in [2.05, 4.69) is 16.4 Å². The molecule has 150 valence electrons. The summed E-state index contributed by atoms with van der Waals surface area (Å²) in [5.74, 6) is 0.963. The van der Waals surface area contributed by atoms with E-state index in [0.29, 0.717) is 38.9 Å². The number of amides is 1. The lowest BCUT2D eigenvalue weighted by Crippen LogP contribution is -2.22. The van der Waals surface area contributed by atoms with Crippen LogP contribution < -0.4 is 14.8 Å². The smallest absolute Gasteiger partial charge is 0.237 e. The van der Waals surface area contributed by atoms with Gasteiger partial charge in [-0.2, -0.15) is 5.26 Å². The van der Waals surface area contributed by atoms with E-state index in [0.717, 1.165) is 5.39 Å². The van der Waals surface area contributed by atoms with Crippen molar-refractivity contribution in [2.24, 2.45) is 0 Å². The number of nitriles is 1. The first-order valence-electron chi connectivity index (χ1n) is 9.17. The standard InChI is InChI=1S/C22H17N3O4S/c1-12(26)14-3-5-17(6-4-14)24-21(27)13(2)30-22-16(10-23)7-15-8-19-20(29-11-28-19)9-18(15)25-22/h3-9,13H,11H2,1-2H3,(H,24,27)/t13-/m1/s1. The molecule has 1 aliphatic heterocycles. The van der Waals surface area contributed by atoms with E-state index in [9.17, 15) is 14.9 Å². The molecule has 0 aliphatic carbocycles. The van der Waals surface area contributed by atoms with Crippen molar-refractivity contribution in [1.82, 2.24) is 4.98 Å². The third kappa shape index (κ3) is 3.93. The lowest BCUT2D eigenvalue weighted by Gasteiger charge is -2.13. The number of fused-ring (bicyclic) bond motifs is 2. The summed E-state index contributed by atoms with van der Waals surface area (Å²) in [5.41, 5.74) is 2.22. The fraction of sp³-hybridized carbons (Fsp3) is 0.182. The molecule has 0 spiro atoms. The normalized spacial score (nSPS) is 13.0. The van der Waals surface area contributed by atoms with E-state index in [1.807, 2.05) is 0 Å². The fourth-order valence-corrected chi connectivity index (χ4v) is 3.85. The van der Waals surface area contributed by atoms with Gasteiger partial charge in [0.1, 0.15) is 11.1 Å². The molecule has 0 saturated carbocycles. The molecule has 1 amide bonds. The van der Waals surface area contributed by atoms with Gasteiger partial charge >= 0.3 is 0 Å². The highest BCUT2D eigenvalue weighted by Gasteiger charge is 2.20. The lowest BCUT2D eigenvalue weighted by atomic mass is 10.1. The summed E-state index contributed by atoms with van der Waals surface area (Å²) in [6.45, 7) is 3.39. The van der Waals surface area contributed by atoms with Gasteiger partial charge < -0.3 is 14.8 Å². The average molecular weight is 419 g/mol. The first-order valence-corrected chi connectivity index (χ1v) is 10.1. The fourth-order valence-electron chi connectivity index (χ4n) is 2.97. The zero-order chi connectivity index (χ0) is 21.3. The highest BCUT2D eigenvalue weighted by molar-refractivity contribution is 8.00. The molecule has 3 aromatic rings. The molecule has 0 bridgehead atoms. The number of pyridine rings is 1. The number of benzene rings is 2. The summed E-state index contributed by atoms with van der Waals surface area (Å²) in [6, 6.07) is 14.1. The second-order valence-corrected chi connectivity index (χ2v) is 8.06. The molecule has 1 aliphatic rings. The summed E-state index contributed by atoms with van der Waals surface area (Å²) >= 11 is 1.21. The lowest BCUT2D eigenvalue weighted by molar-refractivity contribution is -0.115. The maximum atomic E-state index is 12.6. The molecule has 0 saturated heterocycles. The Labute approximate surface area is 177 Å². The zero-order valence-electron chi connectivity index (χ0n) is 16.3. The van der Waals surface area contributed by atoms with E-state index in [1.54, 1.807) is 49.4 Å². The highest BCUT2D eigenvalue weighted by atomic mass is 32.2. The highest BCUT2D eigenvalue weighted by Crippen LogP contribution is 2.37. The number of rotatable bonds is 5. The minimum atomic E-state index is -0.497. The Morgan fingerprint density at radius 2 is 1.87 bits per heavy atom. The molecular formula is C22H17N3O4S. The van der Waals surface area contributed by atoms with E-state index in [4.69, 9.17) is 9.47 Å². The summed E-state index contributed by atoms with van der Waals surface area (Å²) in [5, 5.41) is 13.1. The van der Waals surface area contributed by atoms with Gasteiger partial charge in [-0.25, -0.2) is 4.98 Å². The number of Topliss-reactive ketones (excluding diaryl/α,β-unsaturated/α-hetero) is 1. The summed E-state index contributed by atoms with van der Waals surface area (Å²) in [7, 11) is 0. The number of hydrogen-bond donors (Lipinski definition) is 1. The van der Waals surface area contributed by atoms with Crippen LogP contribution in [0.1, 0.15) is 29.8 Å². The summed E-state index contributed by atoms with van der Waals surface area (Å²) < 4.78 is 10.8. The minimum Gasteiger partial charge on any atom is -0.454 e. The van der Waals surface area contributed by atoms with Crippen LogP contribution in [-0.2, 0) is 4.79 Å². The molecule has 30 heavy (non-hydrogen) atoms. The molecule has 7 nitrogen and oxygen atoms in total. The molecular weight excluding hydrogens is 402 g/mol. The van der Waals surface area contributed by atoms with Gasteiger partial charge in [0.15, 0.2) is 17.3 Å². The van der Waals surface area contributed by atoms with Gasteiger partial charge in [0.2, 0.25) is 12.7 Å². The molecule has 1 atom stereocenters. The number of ether oxygens (including phenoxy) is 2. The van der Waals surface area contributed by atoms with Crippen LogP contribution in [0.15, 0.2) is 47.5 Å². The van der Waals surface area contributed by atoms with Gasteiger partial charge in [-0.3, -0.25) is 9.59 Å². The molecule has 2 heterocycles. The molecule has 1 aromatic heterocycles. The predicted molar refractivity (Wildman–Crippen MR) is 113 cm³/mol. The van der Waals surface area contributed by atoms with Crippen molar-refractivity contribution in [2.75, 3.05) is 12.1 Å². The zero-order valence-corrected chi connectivity index (χ0v) is 17.1. The van der Waals surface area contributed by atoms with Gasteiger partial charge in [0.25, 0.3) is 0 Å². The monoisotopic (exact) mass is 419 g/mol. The molecule has 0 fully saturated rings. The maximum Gasteiger partial charge on any atom is 0.237 e. The number of anilines is 1. The molecule has 1 N–H and O–H groups in total. The van der Waals surface area contributed by atoms with Crippen molar-refractivity contribution in [3.8, 4) is 17.6 Å². The van der Waals surface area contributed by atoms with Crippen LogP contribution in [0.3, 0.4) is 0 Å². The van der Waals surface area contributed by atoms with Crippen LogP contribution in [0.4, 0.5) is 5.69 Å². The van der Waals surface area contributed by atoms with Gasteiger partial charge in [-0.05, 0) is 50.2 Å². The number of hydrogen-bond acceptors (Lipinski definition) is 7. The van der Waals surface area contributed by atoms with Gasteiger partial charge in [-0.15, -0.1) is 0 Å². The number of ketones is 1. The Bertz CT molecular complexity index is 1200. The van der Waals surface area contributed by atoms with E-state index in [-0.39, 0.29) is 18.5 Å². The van der Waals surface area contributed by atoms with Crippen LogP contribution in [0.2, 0.25) is 0 Å². The first kappa shape index (κ1) is 19.7. The van der Waals surface area contributed by atoms with E-state index in [1.165, 1.54) is 18.7 Å². The number of thioether (sulfide) groups is 1. The number of carbonyl (C=O) groups is 2. The average Bonchev–Trinajstić information content (AvgIpc) is 3.19. The largest absolute Gasteiger partial charge is 0.454 e. The third-order valence-corrected chi connectivity index (χ3v) is 5.71. The van der Waals surface area contributed by atoms with Gasteiger partial charge in [0, 0.05) is 22.7 Å². The predicted octanol–water partition coefficient (Wildman–Crippen LogP) is 4.16. The first-order chi connectivity index (χ1) is 14.4. The summed E-state index contributed by atoms with van der Waals surface area (Å²) in [6.07, 6.45) is 0. The Kier molecular flexibility index (Phi) is 5.29. The van der Waals surface area contributed by atoms with E-state index >= 15 is 0 Å². The number of nitrogens with one attached hydrogen (secondary N) is 1. The Morgan fingerprint density at radius 3 is 2.53 bits per heavy atom. The molecule has 0 radical (unpaired) electrons. The number of carbonyl (C=O) groups excluding carboxylic acids is 2. The molecule has 0 unspecified atom stereocenters. The minimum absolute atomic E-state index is 0.0363. The van der Waals surface area contributed by atoms with Crippen LogP contribution in [0.25, 0.3) is 10.9 Å². The van der Waals surface area contributed by atoms with E-state index < -0.39 is 5.25 Å². The number of nitrogens with zero attached hydrogens (tertiary/aromatic N) is 2. The molecule has 8 heteroatoms. The quantitative estimate of drug-likeness (QED) is 0.489. The van der Waals surface area contributed by atoms with Crippen LogP contribution >= 0.6 is 11.8 Å². The second kappa shape index (κ2) is 8.05. The maximum absolute atomic E-state index is 12.6.